The number of hydrogen-bond donors (Lipinski definition) is 2. The lowest BCUT2D eigenvalue weighted by atomic mass is 10.1. The number of nitrogens with one attached hydrogen (secondary N) is 2. The maximum atomic E-state index is 11.9. The van der Waals surface area contributed by atoms with Crippen LogP contribution in [0.15, 0.2) is 29.3 Å². The molecule has 0 aromatic heterocycles. The van der Waals surface area contributed by atoms with Crippen molar-refractivity contribution in [3.63, 3.8) is 0 Å². The van der Waals surface area contributed by atoms with Crippen LogP contribution >= 0.6 is 0 Å². The summed E-state index contributed by atoms with van der Waals surface area (Å²) in [7, 11) is 3.43. The number of ether oxygens (including phenoxy) is 1. The van der Waals surface area contributed by atoms with E-state index < -0.39 is 0 Å². The zero-order valence-corrected chi connectivity index (χ0v) is 15.5. The third-order valence-electron chi connectivity index (χ3n) is 4.63. The molecule has 2 rings (SSSR count). The Morgan fingerprint density at radius 3 is 2.64 bits per heavy atom. The number of amides is 1. The van der Waals surface area contributed by atoms with E-state index in [4.69, 9.17) is 4.74 Å². The molecule has 1 saturated heterocycles. The van der Waals surface area contributed by atoms with Gasteiger partial charge in [0.2, 0.25) is 5.91 Å². The number of carbonyl (C=O) groups excluding carboxylic acids is 1. The number of nitrogens with zero attached hydrogens (tertiary/aromatic N) is 2. The maximum Gasteiger partial charge on any atom is 0.222 e. The first-order valence-electron chi connectivity index (χ1n) is 9.04. The molecule has 1 amide bonds. The predicted octanol–water partition coefficient (Wildman–Crippen LogP) is 2.15. The van der Waals surface area contributed by atoms with E-state index in [0.717, 1.165) is 49.6 Å². The highest BCUT2D eigenvalue weighted by atomic mass is 16.5. The van der Waals surface area contributed by atoms with Crippen LogP contribution in [0.2, 0.25) is 0 Å². The van der Waals surface area contributed by atoms with Gasteiger partial charge in [-0.3, -0.25) is 9.79 Å². The summed E-state index contributed by atoms with van der Waals surface area (Å²) in [6.07, 6.45) is 3.62. The molecular weight excluding hydrogens is 316 g/mol. The number of hydrogen-bond acceptors (Lipinski definition) is 3. The van der Waals surface area contributed by atoms with E-state index in [0.29, 0.717) is 24.9 Å². The Morgan fingerprint density at radius 2 is 2.08 bits per heavy atom. The second kappa shape index (κ2) is 9.91. The van der Waals surface area contributed by atoms with Gasteiger partial charge in [0.05, 0.1) is 7.11 Å². The first-order chi connectivity index (χ1) is 12.2. The minimum Gasteiger partial charge on any atom is -0.497 e. The fourth-order valence-electron chi connectivity index (χ4n) is 3.14. The molecule has 25 heavy (non-hydrogen) atoms. The molecule has 1 atom stereocenters. The van der Waals surface area contributed by atoms with Crippen molar-refractivity contribution in [2.45, 2.75) is 45.2 Å². The van der Waals surface area contributed by atoms with Gasteiger partial charge in [0, 0.05) is 39.1 Å². The van der Waals surface area contributed by atoms with E-state index in [-0.39, 0.29) is 0 Å². The van der Waals surface area contributed by atoms with Crippen molar-refractivity contribution >= 4 is 11.9 Å². The van der Waals surface area contributed by atoms with Crippen LogP contribution < -0.4 is 15.4 Å². The van der Waals surface area contributed by atoms with Crippen LogP contribution in [0.5, 0.6) is 5.75 Å². The molecule has 0 aliphatic carbocycles. The Balaban J connectivity index is 1.74. The molecule has 0 bridgehead atoms. The van der Waals surface area contributed by atoms with E-state index in [1.807, 2.05) is 29.2 Å². The van der Waals surface area contributed by atoms with Crippen LogP contribution in [0.1, 0.15) is 38.2 Å². The third-order valence-corrected chi connectivity index (χ3v) is 4.63. The number of benzene rings is 1. The van der Waals surface area contributed by atoms with Gasteiger partial charge in [-0.1, -0.05) is 19.1 Å². The van der Waals surface area contributed by atoms with Gasteiger partial charge in [0.25, 0.3) is 0 Å². The molecule has 1 heterocycles. The van der Waals surface area contributed by atoms with Crippen LogP contribution in [-0.2, 0) is 11.3 Å². The largest absolute Gasteiger partial charge is 0.497 e. The molecule has 6 nitrogen and oxygen atoms in total. The van der Waals surface area contributed by atoms with Crippen LogP contribution in [-0.4, -0.2) is 50.1 Å². The summed E-state index contributed by atoms with van der Waals surface area (Å²) >= 11 is 0. The maximum absolute atomic E-state index is 11.9. The van der Waals surface area contributed by atoms with Crippen molar-refractivity contribution in [3.05, 3.63) is 29.8 Å². The summed E-state index contributed by atoms with van der Waals surface area (Å²) in [4.78, 5) is 18.2. The van der Waals surface area contributed by atoms with E-state index in [1.54, 1.807) is 14.2 Å². The second-order valence-corrected chi connectivity index (χ2v) is 6.24. The molecule has 1 aliphatic rings. The van der Waals surface area contributed by atoms with Crippen LogP contribution in [0.4, 0.5) is 0 Å². The van der Waals surface area contributed by atoms with Gasteiger partial charge in [-0.15, -0.1) is 0 Å². The van der Waals surface area contributed by atoms with Crippen LogP contribution in [0.3, 0.4) is 0 Å². The van der Waals surface area contributed by atoms with Crippen molar-refractivity contribution in [2.24, 2.45) is 4.99 Å². The monoisotopic (exact) mass is 346 g/mol. The Labute approximate surface area is 150 Å². The van der Waals surface area contributed by atoms with Crippen LogP contribution in [0, 0.1) is 0 Å². The topological polar surface area (TPSA) is 66.0 Å². The zero-order chi connectivity index (χ0) is 18.1. The van der Waals surface area contributed by atoms with Gasteiger partial charge >= 0.3 is 0 Å². The Morgan fingerprint density at radius 1 is 1.32 bits per heavy atom. The first-order valence-corrected chi connectivity index (χ1v) is 9.04. The summed E-state index contributed by atoms with van der Waals surface area (Å²) in [5.41, 5.74) is 1.16. The zero-order valence-electron chi connectivity index (χ0n) is 15.5. The first kappa shape index (κ1) is 19.1. The standard InChI is InChI=1S/C19H30N4O2/c1-4-16(23-13-5-6-18(23)24)11-12-21-19(20-2)22-14-15-7-9-17(25-3)10-8-15/h7-10,16H,4-6,11-14H2,1-3H3,(H2,20,21,22). The minimum absolute atomic E-state index is 0.300. The van der Waals surface area contributed by atoms with Gasteiger partial charge in [-0.05, 0) is 37.0 Å². The Hall–Kier alpha value is -2.24. The molecule has 6 heteroatoms. The van der Waals surface area contributed by atoms with Gasteiger partial charge < -0.3 is 20.3 Å². The smallest absolute Gasteiger partial charge is 0.222 e. The van der Waals surface area contributed by atoms with Gasteiger partial charge in [0.1, 0.15) is 5.75 Å². The van der Waals surface area contributed by atoms with E-state index in [9.17, 15) is 4.79 Å². The number of likely N-dealkylation sites (tertiary alicyclic amines) is 1. The number of carbonyl (C=O) groups is 1. The summed E-state index contributed by atoms with van der Waals surface area (Å²) in [5.74, 6) is 1.93. The summed E-state index contributed by atoms with van der Waals surface area (Å²) in [6.45, 7) is 4.55. The highest BCUT2D eigenvalue weighted by molar-refractivity contribution is 5.79. The summed E-state index contributed by atoms with van der Waals surface area (Å²) in [5, 5.41) is 6.65. The summed E-state index contributed by atoms with van der Waals surface area (Å²) < 4.78 is 5.17. The average molecular weight is 346 g/mol. The molecule has 138 valence electrons. The Kier molecular flexibility index (Phi) is 7.57. The lowest BCUT2D eigenvalue weighted by molar-refractivity contribution is -0.129. The number of methoxy groups -OCH3 is 1. The van der Waals surface area contributed by atoms with E-state index in [2.05, 4.69) is 22.5 Å². The van der Waals surface area contributed by atoms with E-state index in [1.165, 1.54) is 0 Å². The molecule has 0 radical (unpaired) electrons. The van der Waals surface area contributed by atoms with Gasteiger partial charge in [0.15, 0.2) is 5.96 Å². The summed E-state index contributed by atoms with van der Waals surface area (Å²) in [6, 6.07) is 8.29. The van der Waals surface area contributed by atoms with Gasteiger partial charge in [-0.2, -0.15) is 0 Å². The highest BCUT2D eigenvalue weighted by Gasteiger charge is 2.26. The van der Waals surface area contributed by atoms with Crippen molar-refractivity contribution < 1.29 is 9.53 Å². The molecular formula is C19H30N4O2. The lowest BCUT2D eigenvalue weighted by Gasteiger charge is -2.27. The molecule has 1 aromatic carbocycles. The fraction of sp³-hybridized carbons (Fsp3) is 0.579. The minimum atomic E-state index is 0.300. The Bertz CT molecular complexity index is 571. The fourth-order valence-corrected chi connectivity index (χ4v) is 3.14. The molecule has 0 saturated carbocycles. The lowest BCUT2D eigenvalue weighted by Crippen LogP contribution is -2.41. The van der Waals surface area contributed by atoms with Gasteiger partial charge in [-0.25, -0.2) is 0 Å². The molecule has 2 N–H and O–H groups in total. The van der Waals surface area contributed by atoms with Crippen molar-refractivity contribution in [3.8, 4) is 5.75 Å². The van der Waals surface area contributed by atoms with Crippen LogP contribution in [0.25, 0.3) is 0 Å². The predicted molar refractivity (Wildman–Crippen MR) is 101 cm³/mol. The molecule has 1 unspecified atom stereocenters. The normalized spacial score (nSPS) is 16.0. The molecule has 1 aliphatic heterocycles. The number of rotatable bonds is 8. The highest BCUT2D eigenvalue weighted by Crippen LogP contribution is 2.17. The molecule has 1 aromatic rings. The van der Waals surface area contributed by atoms with Crippen molar-refractivity contribution in [1.82, 2.24) is 15.5 Å². The second-order valence-electron chi connectivity index (χ2n) is 6.24. The van der Waals surface area contributed by atoms with Crippen molar-refractivity contribution in [2.75, 3.05) is 27.2 Å². The van der Waals surface area contributed by atoms with E-state index >= 15 is 0 Å². The van der Waals surface area contributed by atoms with Crippen molar-refractivity contribution in [1.29, 1.82) is 0 Å². The SMILES string of the molecule is CCC(CCNC(=NC)NCc1ccc(OC)cc1)N1CCCC1=O. The number of aliphatic imine (C=N–C) groups is 1. The third kappa shape index (κ3) is 5.66. The average Bonchev–Trinajstić information content (AvgIpc) is 3.07. The number of guanidine groups is 1. The molecule has 0 spiro atoms. The quantitative estimate of drug-likeness (QED) is 0.559. The molecule has 1 fully saturated rings.